The van der Waals surface area contributed by atoms with Crippen LogP contribution in [0, 0.1) is 6.07 Å². The molecule has 0 saturated heterocycles. The van der Waals surface area contributed by atoms with Gasteiger partial charge in [-0.1, -0.05) is 26.8 Å². The molecule has 0 aliphatic carbocycles. The molecule has 93 valence electrons. The lowest BCUT2D eigenvalue weighted by Gasteiger charge is -2.22. The molecule has 0 aliphatic rings. The molecular formula is C16H19N2. The van der Waals surface area contributed by atoms with Gasteiger partial charge < -0.3 is 4.90 Å². The van der Waals surface area contributed by atoms with E-state index in [1.165, 1.54) is 5.56 Å². The molecule has 0 atom stereocenters. The minimum absolute atomic E-state index is 0.144. The molecule has 0 N–H and O–H groups in total. The van der Waals surface area contributed by atoms with Gasteiger partial charge in [0.1, 0.15) is 0 Å². The average Bonchev–Trinajstić information content (AvgIpc) is 2.38. The van der Waals surface area contributed by atoms with Gasteiger partial charge in [-0.05, 0) is 41.3 Å². The molecule has 2 heteroatoms. The van der Waals surface area contributed by atoms with Gasteiger partial charge in [0, 0.05) is 18.9 Å². The standard InChI is InChI=1S/C16H19N2/c1-16(2,3)13-7-9-14(10-8-13)18(4)15-6-5-11-17-12-15/h5-7,9-12H,1-4H3. The highest BCUT2D eigenvalue weighted by atomic mass is 15.1. The number of hydrogen-bond donors (Lipinski definition) is 0. The van der Waals surface area contributed by atoms with E-state index in [9.17, 15) is 0 Å². The first-order valence-electron chi connectivity index (χ1n) is 6.14. The highest BCUT2D eigenvalue weighted by Crippen LogP contribution is 2.26. The zero-order chi connectivity index (χ0) is 13.2. The molecule has 0 fully saturated rings. The van der Waals surface area contributed by atoms with Crippen LogP contribution in [0.1, 0.15) is 26.3 Å². The van der Waals surface area contributed by atoms with Crippen LogP contribution in [0.5, 0.6) is 0 Å². The van der Waals surface area contributed by atoms with Crippen LogP contribution >= 0.6 is 0 Å². The summed E-state index contributed by atoms with van der Waals surface area (Å²) in [5.41, 5.74) is 3.57. The molecule has 0 unspecified atom stereocenters. The Morgan fingerprint density at radius 2 is 1.89 bits per heavy atom. The van der Waals surface area contributed by atoms with Gasteiger partial charge >= 0.3 is 0 Å². The number of benzene rings is 1. The normalized spacial score (nSPS) is 11.3. The van der Waals surface area contributed by atoms with Crippen molar-refractivity contribution in [2.24, 2.45) is 0 Å². The van der Waals surface area contributed by atoms with Crippen molar-refractivity contribution in [2.75, 3.05) is 11.9 Å². The van der Waals surface area contributed by atoms with Crippen LogP contribution in [0.2, 0.25) is 0 Å². The minimum Gasteiger partial charge on any atom is -0.343 e. The number of rotatable bonds is 2. The summed E-state index contributed by atoms with van der Waals surface area (Å²) in [7, 11) is 2.04. The zero-order valence-corrected chi connectivity index (χ0v) is 11.4. The fourth-order valence-corrected chi connectivity index (χ4v) is 1.79. The molecule has 2 rings (SSSR count). The van der Waals surface area contributed by atoms with Crippen molar-refractivity contribution in [3.05, 3.63) is 54.4 Å². The molecule has 0 bridgehead atoms. The summed E-state index contributed by atoms with van der Waals surface area (Å²) in [6.45, 7) is 6.59. The molecule has 1 aromatic heterocycles. The van der Waals surface area contributed by atoms with Crippen molar-refractivity contribution in [2.45, 2.75) is 26.2 Å². The first-order chi connectivity index (χ1) is 8.48. The molecule has 2 nitrogen and oxygen atoms in total. The quantitative estimate of drug-likeness (QED) is 0.789. The van der Waals surface area contributed by atoms with Gasteiger partial charge in [0.05, 0.1) is 11.9 Å². The summed E-state index contributed by atoms with van der Waals surface area (Å²) in [6.07, 6.45) is 3.64. The van der Waals surface area contributed by atoms with E-state index >= 15 is 0 Å². The van der Waals surface area contributed by atoms with Crippen LogP contribution in [0.15, 0.2) is 42.7 Å². The van der Waals surface area contributed by atoms with E-state index in [1.54, 1.807) is 6.20 Å². The molecular weight excluding hydrogens is 220 g/mol. The molecule has 0 saturated carbocycles. The molecule has 2 aromatic rings. The summed E-state index contributed by atoms with van der Waals surface area (Å²) >= 11 is 0. The fourth-order valence-electron chi connectivity index (χ4n) is 1.79. The van der Waals surface area contributed by atoms with Crippen LogP contribution in [-0.2, 0) is 5.41 Å². The van der Waals surface area contributed by atoms with Gasteiger partial charge in [-0.15, -0.1) is 0 Å². The van der Waals surface area contributed by atoms with Gasteiger partial charge in [0.2, 0.25) is 0 Å². The average molecular weight is 239 g/mol. The van der Waals surface area contributed by atoms with Crippen LogP contribution in [-0.4, -0.2) is 12.0 Å². The Bertz CT molecular complexity index is 495. The molecule has 0 amide bonds. The fraction of sp³-hybridized carbons (Fsp3) is 0.312. The van der Waals surface area contributed by atoms with Crippen LogP contribution in [0.4, 0.5) is 11.4 Å². The largest absolute Gasteiger partial charge is 0.343 e. The van der Waals surface area contributed by atoms with Crippen LogP contribution < -0.4 is 4.90 Å². The monoisotopic (exact) mass is 239 g/mol. The van der Waals surface area contributed by atoms with Crippen molar-refractivity contribution in [3.63, 3.8) is 0 Å². The van der Waals surface area contributed by atoms with Gasteiger partial charge in [-0.2, -0.15) is 0 Å². The second-order valence-corrected chi connectivity index (χ2v) is 5.48. The first kappa shape index (κ1) is 12.6. The van der Waals surface area contributed by atoms with Crippen molar-refractivity contribution in [1.29, 1.82) is 0 Å². The summed E-state index contributed by atoms with van der Waals surface area (Å²) in [6, 6.07) is 13.7. The van der Waals surface area contributed by atoms with E-state index in [-0.39, 0.29) is 5.41 Å². The maximum atomic E-state index is 4.14. The van der Waals surface area contributed by atoms with Crippen LogP contribution in [0.25, 0.3) is 0 Å². The molecule has 18 heavy (non-hydrogen) atoms. The second-order valence-electron chi connectivity index (χ2n) is 5.48. The van der Waals surface area contributed by atoms with Gasteiger partial charge in [0.25, 0.3) is 0 Å². The van der Waals surface area contributed by atoms with E-state index in [0.29, 0.717) is 0 Å². The SMILES string of the molecule is CN(c1c[c]c(C(C)(C)C)cc1)c1cccnc1. The lowest BCUT2D eigenvalue weighted by Crippen LogP contribution is -2.13. The highest BCUT2D eigenvalue weighted by molar-refractivity contribution is 5.61. The highest BCUT2D eigenvalue weighted by Gasteiger charge is 2.14. The van der Waals surface area contributed by atoms with E-state index in [1.807, 2.05) is 31.4 Å². The lowest BCUT2D eigenvalue weighted by molar-refractivity contribution is 0.589. The zero-order valence-electron chi connectivity index (χ0n) is 11.4. The van der Waals surface area contributed by atoms with Crippen molar-refractivity contribution < 1.29 is 0 Å². The van der Waals surface area contributed by atoms with Crippen molar-refractivity contribution >= 4 is 11.4 Å². The minimum atomic E-state index is 0.144. The molecule has 1 aromatic carbocycles. The van der Waals surface area contributed by atoms with E-state index in [4.69, 9.17) is 0 Å². The molecule has 0 aliphatic heterocycles. The van der Waals surface area contributed by atoms with Gasteiger partial charge in [0.15, 0.2) is 0 Å². The summed E-state index contributed by atoms with van der Waals surface area (Å²) in [4.78, 5) is 6.24. The number of pyridine rings is 1. The van der Waals surface area contributed by atoms with Gasteiger partial charge in [-0.25, -0.2) is 0 Å². The van der Waals surface area contributed by atoms with E-state index < -0.39 is 0 Å². The Morgan fingerprint density at radius 3 is 2.39 bits per heavy atom. The van der Waals surface area contributed by atoms with Crippen LogP contribution in [0.3, 0.4) is 0 Å². The Balaban J connectivity index is 2.25. The lowest BCUT2D eigenvalue weighted by atomic mass is 9.87. The Hall–Kier alpha value is -1.83. The summed E-state index contributed by atoms with van der Waals surface area (Å²) in [5.74, 6) is 0. The predicted octanol–water partition coefficient (Wildman–Crippen LogP) is 3.95. The van der Waals surface area contributed by atoms with Crippen molar-refractivity contribution in [3.8, 4) is 0 Å². The Kier molecular flexibility index (Phi) is 3.37. The smallest absolute Gasteiger partial charge is 0.0594 e. The maximum Gasteiger partial charge on any atom is 0.0594 e. The number of anilines is 2. The Labute approximate surface area is 109 Å². The first-order valence-corrected chi connectivity index (χ1v) is 6.14. The second kappa shape index (κ2) is 4.81. The number of aromatic nitrogens is 1. The maximum absolute atomic E-state index is 4.14. The summed E-state index contributed by atoms with van der Waals surface area (Å²) < 4.78 is 0. The third-order valence-corrected chi connectivity index (χ3v) is 3.02. The summed E-state index contributed by atoms with van der Waals surface area (Å²) in [5, 5.41) is 0. The molecule has 1 heterocycles. The number of hydrogen-bond acceptors (Lipinski definition) is 2. The van der Waals surface area contributed by atoms with Gasteiger partial charge in [-0.3, -0.25) is 4.98 Å². The van der Waals surface area contributed by atoms with E-state index in [2.05, 4.69) is 48.9 Å². The number of nitrogens with zero attached hydrogens (tertiary/aromatic N) is 2. The van der Waals surface area contributed by atoms with Crippen molar-refractivity contribution in [1.82, 2.24) is 4.98 Å². The third-order valence-electron chi connectivity index (χ3n) is 3.02. The Morgan fingerprint density at radius 1 is 1.11 bits per heavy atom. The van der Waals surface area contributed by atoms with E-state index in [0.717, 1.165) is 11.4 Å². The topological polar surface area (TPSA) is 16.1 Å². The molecule has 0 spiro atoms. The molecule has 1 radical (unpaired) electrons. The third kappa shape index (κ3) is 2.70. The predicted molar refractivity (Wildman–Crippen MR) is 76.3 cm³/mol.